The van der Waals surface area contributed by atoms with Crippen LogP contribution < -0.4 is 5.32 Å². The summed E-state index contributed by atoms with van der Waals surface area (Å²) in [4.78, 5) is 5.99. The van der Waals surface area contributed by atoms with E-state index in [4.69, 9.17) is 0 Å². The third kappa shape index (κ3) is 3.88. The molecule has 0 bridgehead atoms. The van der Waals surface area contributed by atoms with E-state index in [-0.39, 0.29) is 0 Å². The van der Waals surface area contributed by atoms with Gasteiger partial charge >= 0.3 is 0 Å². The maximum absolute atomic E-state index is 4.61. The summed E-state index contributed by atoms with van der Waals surface area (Å²) >= 11 is 6.04. The number of aromatic nitrogens is 1. The van der Waals surface area contributed by atoms with Crippen molar-refractivity contribution >= 4 is 34.9 Å². The van der Waals surface area contributed by atoms with Crippen molar-refractivity contribution in [2.45, 2.75) is 37.3 Å². The third-order valence-corrected chi connectivity index (χ3v) is 7.06. The lowest BCUT2D eigenvalue weighted by Gasteiger charge is -2.25. The molecule has 0 saturated carbocycles. The van der Waals surface area contributed by atoms with Gasteiger partial charge in [0.2, 0.25) is 0 Å². The van der Waals surface area contributed by atoms with Crippen molar-refractivity contribution in [2.24, 2.45) is 0 Å². The molecule has 1 N–H and O–H groups in total. The van der Waals surface area contributed by atoms with E-state index in [0.717, 1.165) is 13.1 Å². The maximum Gasteiger partial charge on any atom is 0.107 e. The highest BCUT2D eigenvalue weighted by molar-refractivity contribution is 8.06. The highest BCUT2D eigenvalue weighted by Gasteiger charge is 2.26. The molecule has 1 fully saturated rings. The lowest BCUT2D eigenvalue weighted by atomic mass is 10.3. The molecule has 2 nitrogen and oxygen atoms in total. The number of thiazole rings is 1. The summed E-state index contributed by atoms with van der Waals surface area (Å²) < 4.78 is 0. The highest BCUT2D eigenvalue weighted by atomic mass is 32.2. The normalized spacial score (nSPS) is 25.1. The number of hydrogen-bond acceptors (Lipinski definition) is 5. The first-order valence-electron chi connectivity index (χ1n) is 6.19. The zero-order chi connectivity index (χ0) is 12.1. The molecular formula is C12H20N2S3. The first-order valence-corrected chi connectivity index (χ1v) is 9.11. The second-order valence-electron chi connectivity index (χ2n) is 4.21. The fraction of sp³-hybridized carbons (Fsp3) is 0.750. The number of nitrogens with zero attached hydrogens (tertiary/aromatic N) is 1. The molecule has 1 aliphatic rings. The van der Waals surface area contributed by atoms with E-state index in [0.29, 0.717) is 10.5 Å². The van der Waals surface area contributed by atoms with Crippen molar-refractivity contribution in [1.29, 1.82) is 0 Å². The standard InChI is InChI=1S/C12H20N2S3/c1-3-4-13-7-10-8-14-12(17-10)11-9(2)15-5-6-16-11/h8-9,11,13H,3-7H2,1-2H3. The Labute approximate surface area is 116 Å². The van der Waals surface area contributed by atoms with Gasteiger partial charge in [0.1, 0.15) is 5.01 Å². The smallest absolute Gasteiger partial charge is 0.107 e. The van der Waals surface area contributed by atoms with Gasteiger partial charge in [-0.25, -0.2) is 4.98 Å². The monoisotopic (exact) mass is 288 g/mol. The molecule has 2 rings (SSSR count). The molecule has 2 heterocycles. The van der Waals surface area contributed by atoms with Crippen molar-refractivity contribution in [3.05, 3.63) is 16.1 Å². The summed E-state index contributed by atoms with van der Waals surface area (Å²) in [5, 5.41) is 6.07. The third-order valence-electron chi connectivity index (χ3n) is 2.73. The average Bonchev–Trinajstić information content (AvgIpc) is 2.79. The zero-order valence-electron chi connectivity index (χ0n) is 10.4. The summed E-state index contributed by atoms with van der Waals surface area (Å²) in [5.41, 5.74) is 0. The van der Waals surface area contributed by atoms with Crippen LogP contribution in [0.3, 0.4) is 0 Å². The molecule has 1 aromatic rings. The van der Waals surface area contributed by atoms with Crippen LogP contribution in [0.1, 0.15) is 35.4 Å². The molecule has 0 spiro atoms. The molecule has 1 aliphatic heterocycles. The van der Waals surface area contributed by atoms with Crippen LogP contribution in [0.2, 0.25) is 0 Å². The van der Waals surface area contributed by atoms with Gasteiger partial charge in [-0.3, -0.25) is 0 Å². The van der Waals surface area contributed by atoms with E-state index in [9.17, 15) is 0 Å². The SMILES string of the molecule is CCCNCc1cnc(C2SCCSC2C)s1. The van der Waals surface area contributed by atoms with Crippen LogP contribution in [-0.2, 0) is 6.54 Å². The lowest BCUT2D eigenvalue weighted by molar-refractivity contribution is 0.681. The Morgan fingerprint density at radius 1 is 1.41 bits per heavy atom. The molecule has 5 heteroatoms. The van der Waals surface area contributed by atoms with Gasteiger partial charge in [-0.05, 0) is 13.0 Å². The van der Waals surface area contributed by atoms with Crippen molar-refractivity contribution in [1.82, 2.24) is 10.3 Å². The van der Waals surface area contributed by atoms with Gasteiger partial charge in [-0.1, -0.05) is 13.8 Å². The van der Waals surface area contributed by atoms with Crippen LogP contribution in [0, 0.1) is 0 Å². The van der Waals surface area contributed by atoms with E-state index < -0.39 is 0 Å². The van der Waals surface area contributed by atoms with Crippen molar-refractivity contribution in [2.75, 3.05) is 18.1 Å². The molecule has 17 heavy (non-hydrogen) atoms. The largest absolute Gasteiger partial charge is 0.312 e. The maximum atomic E-state index is 4.61. The van der Waals surface area contributed by atoms with Gasteiger partial charge in [0.15, 0.2) is 0 Å². The first kappa shape index (κ1) is 13.7. The number of thioether (sulfide) groups is 2. The quantitative estimate of drug-likeness (QED) is 0.838. The highest BCUT2D eigenvalue weighted by Crippen LogP contribution is 2.43. The fourth-order valence-electron chi connectivity index (χ4n) is 1.83. The molecule has 0 aliphatic carbocycles. The minimum absolute atomic E-state index is 0.610. The van der Waals surface area contributed by atoms with Crippen molar-refractivity contribution in [3.63, 3.8) is 0 Å². The predicted octanol–water partition coefficient (Wildman–Crippen LogP) is 3.55. The number of hydrogen-bond donors (Lipinski definition) is 1. The van der Waals surface area contributed by atoms with Gasteiger partial charge in [0, 0.05) is 34.4 Å². The van der Waals surface area contributed by atoms with Gasteiger partial charge in [0.05, 0.1) is 5.25 Å². The Morgan fingerprint density at radius 3 is 3.00 bits per heavy atom. The molecule has 2 unspecified atom stereocenters. The number of nitrogens with one attached hydrogen (secondary N) is 1. The van der Waals surface area contributed by atoms with E-state index in [1.807, 2.05) is 11.3 Å². The van der Waals surface area contributed by atoms with Crippen LogP contribution >= 0.6 is 34.9 Å². The molecule has 0 aromatic carbocycles. The van der Waals surface area contributed by atoms with E-state index >= 15 is 0 Å². The Morgan fingerprint density at radius 2 is 2.24 bits per heavy atom. The Balaban J connectivity index is 1.92. The van der Waals surface area contributed by atoms with Crippen LogP contribution in [0.25, 0.3) is 0 Å². The lowest BCUT2D eigenvalue weighted by Crippen LogP contribution is -2.15. The summed E-state index contributed by atoms with van der Waals surface area (Å²) in [6.45, 7) is 6.60. The topological polar surface area (TPSA) is 24.9 Å². The Hall–Kier alpha value is 0.290. The summed E-state index contributed by atoms with van der Waals surface area (Å²) in [5.74, 6) is 2.56. The fourth-order valence-corrected chi connectivity index (χ4v) is 5.88. The zero-order valence-corrected chi connectivity index (χ0v) is 12.9. The number of rotatable bonds is 5. The van der Waals surface area contributed by atoms with Gasteiger partial charge in [0.25, 0.3) is 0 Å². The van der Waals surface area contributed by atoms with Gasteiger partial charge in [-0.2, -0.15) is 11.8 Å². The van der Waals surface area contributed by atoms with Crippen LogP contribution in [0.5, 0.6) is 0 Å². The molecular weight excluding hydrogens is 268 g/mol. The minimum atomic E-state index is 0.610. The summed E-state index contributed by atoms with van der Waals surface area (Å²) in [6.07, 6.45) is 3.24. The van der Waals surface area contributed by atoms with Crippen LogP contribution in [0.15, 0.2) is 6.20 Å². The van der Waals surface area contributed by atoms with E-state index in [2.05, 4.69) is 53.9 Å². The van der Waals surface area contributed by atoms with E-state index in [1.165, 1.54) is 27.8 Å². The van der Waals surface area contributed by atoms with E-state index in [1.54, 1.807) is 0 Å². The molecule has 1 saturated heterocycles. The molecule has 96 valence electrons. The molecule has 2 atom stereocenters. The van der Waals surface area contributed by atoms with Crippen LogP contribution in [0.4, 0.5) is 0 Å². The Bertz CT molecular complexity index is 340. The molecule has 1 aromatic heterocycles. The van der Waals surface area contributed by atoms with Crippen LogP contribution in [-0.4, -0.2) is 28.3 Å². The summed E-state index contributed by atoms with van der Waals surface area (Å²) in [6, 6.07) is 0. The Kier molecular flexibility index (Phi) is 5.66. The second-order valence-corrected chi connectivity index (χ2v) is 8.09. The van der Waals surface area contributed by atoms with Crippen molar-refractivity contribution in [3.8, 4) is 0 Å². The van der Waals surface area contributed by atoms with Gasteiger partial charge < -0.3 is 5.32 Å². The predicted molar refractivity (Wildman–Crippen MR) is 81.2 cm³/mol. The molecule has 0 amide bonds. The average molecular weight is 289 g/mol. The summed E-state index contributed by atoms with van der Waals surface area (Å²) in [7, 11) is 0. The molecule has 0 radical (unpaired) electrons. The van der Waals surface area contributed by atoms with Crippen molar-refractivity contribution < 1.29 is 0 Å². The minimum Gasteiger partial charge on any atom is -0.312 e. The van der Waals surface area contributed by atoms with Gasteiger partial charge in [-0.15, -0.1) is 23.1 Å². The first-order chi connectivity index (χ1) is 8.31. The second kappa shape index (κ2) is 7.02.